The first kappa shape index (κ1) is 22.4. The molecule has 32 heavy (non-hydrogen) atoms. The van der Waals surface area contributed by atoms with Crippen LogP contribution in [0.25, 0.3) is 11.3 Å². The Hall–Kier alpha value is -2.75. The molecule has 0 unspecified atom stereocenters. The van der Waals surface area contributed by atoms with Crippen LogP contribution in [0.15, 0.2) is 52.7 Å². The van der Waals surface area contributed by atoms with Crippen molar-refractivity contribution in [3.8, 4) is 17.0 Å². The molecule has 9 heteroatoms. The van der Waals surface area contributed by atoms with Crippen LogP contribution in [-0.2, 0) is 10.0 Å². The van der Waals surface area contributed by atoms with E-state index < -0.39 is 15.9 Å². The maximum absolute atomic E-state index is 12.8. The number of hydrogen-bond donors (Lipinski definition) is 2. The van der Waals surface area contributed by atoms with E-state index >= 15 is 0 Å². The summed E-state index contributed by atoms with van der Waals surface area (Å²) in [5.41, 5.74) is 2.87. The van der Waals surface area contributed by atoms with Crippen LogP contribution in [0.1, 0.15) is 41.6 Å². The third-order valence-corrected chi connectivity index (χ3v) is 7.71. The van der Waals surface area contributed by atoms with Gasteiger partial charge in [-0.2, -0.15) is 0 Å². The van der Waals surface area contributed by atoms with Crippen LogP contribution in [0.4, 0.5) is 5.13 Å². The van der Waals surface area contributed by atoms with Crippen molar-refractivity contribution in [2.75, 3.05) is 12.4 Å². The molecule has 1 fully saturated rings. The highest BCUT2D eigenvalue weighted by Crippen LogP contribution is 2.33. The van der Waals surface area contributed by atoms with E-state index in [4.69, 9.17) is 4.74 Å². The van der Waals surface area contributed by atoms with E-state index in [1.54, 1.807) is 19.2 Å². The largest absolute Gasteiger partial charge is 0.496 e. The highest BCUT2D eigenvalue weighted by atomic mass is 32.2. The molecule has 0 bridgehead atoms. The number of nitrogens with one attached hydrogen (secondary N) is 2. The first-order valence-corrected chi connectivity index (χ1v) is 12.8. The smallest absolute Gasteiger partial charge is 0.257 e. The lowest BCUT2D eigenvalue weighted by Crippen LogP contribution is -2.32. The van der Waals surface area contributed by atoms with Crippen LogP contribution >= 0.6 is 11.3 Å². The molecular formula is C23H25N3O4S2. The van der Waals surface area contributed by atoms with Gasteiger partial charge in [-0.15, -0.1) is 11.3 Å². The topological polar surface area (TPSA) is 97.4 Å². The minimum atomic E-state index is -3.67. The second-order valence-electron chi connectivity index (χ2n) is 7.83. The van der Waals surface area contributed by atoms with Crippen LogP contribution in [0.2, 0.25) is 0 Å². The molecule has 1 heterocycles. The molecule has 2 aromatic carbocycles. The highest BCUT2D eigenvalue weighted by molar-refractivity contribution is 7.89. The highest BCUT2D eigenvalue weighted by Gasteiger charge is 2.23. The van der Waals surface area contributed by atoms with E-state index in [1.807, 2.05) is 30.5 Å². The van der Waals surface area contributed by atoms with Gasteiger partial charge in [-0.1, -0.05) is 30.5 Å². The molecule has 0 spiro atoms. The summed E-state index contributed by atoms with van der Waals surface area (Å²) >= 11 is 1.29. The number of carbonyl (C=O) groups is 1. The van der Waals surface area contributed by atoms with Crippen LogP contribution in [0, 0.1) is 6.92 Å². The normalized spacial score (nSPS) is 14.4. The Balaban J connectivity index is 1.51. The Labute approximate surface area is 191 Å². The van der Waals surface area contributed by atoms with Gasteiger partial charge in [-0.05, 0) is 50.1 Å². The summed E-state index contributed by atoms with van der Waals surface area (Å²) in [5.74, 6) is 0.284. The fourth-order valence-corrected chi connectivity index (χ4v) is 5.84. The van der Waals surface area contributed by atoms with Crippen molar-refractivity contribution in [3.63, 3.8) is 0 Å². The average Bonchev–Trinajstić information content (AvgIpc) is 3.45. The number of carbonyl (C=O) groups excluding carboxylic acids is 1. The first-order valence-electron chi connectivity index (χ1n) is 10.4. The number of aromatic nitrogens is 1. The minimum absolute atomic E-state index is 0.0372. The van der Waals surface area contributed by atoms with Crippen molar-refractivity contribution in [2.24, 2.45) is 0 Å². The third-order valence-electron chi connectivity index (χ3n) is 5.44. The zero-order chi connectivity index (χ0) is 22.7. The molecule has 7 nitrogen and oxygen atoms in total. The number of methoxy groups -OCH3 is 1. The summed E-state index contributed by atoms with van der Waals surface area (Å²) in [4.78, 5) is 17.4. The second-order valence-corrected chi connectivity index (χ2v) is 10.4. The van der Waals surface area contributed by atoms with E-state index in [2.05, 4.69) is 15.0 Å². The number of ether oxygens (including phenoxy) is 1. The van der Waals surface area contributed by atoms with Gasteiger partial charge in [0.05, 0.1) is 17.7 Å². The fraction of sp³-hybridized carbons (Fsp3) is 0.304. The maximum Gasteiger partial charge on any atom is 0.257 e. The lowest BCUT2D eigenvalue weighted by atomic mass is 10.1. The Morgan fingerprint density at radius 3 is 2.69 bits per heavy atom. The van der Waals surface area contributed by atoms with Crippen LogP contribution in [0.3, 0.4) is 0 Å². The second kappa shape index (κ2) is 9.40. The molecule has 1 amide bonds. The van der Waals surface area contributed by atoms with Crippen LogP contribution in [0.5, 0.6) is 5.75 Å². The Morgan fingerprint density at radius 2 is 1.94 bits per heavy atom. The molecule has 3 aromatic rings. The van der Waals surface area contributed by atoms with Crippen molar-refractivity contribution in [3.05, 3.63) is 59.0 Å². The summed E-state index contributed by atoms with van der Waals surface area (Å²) in [6.07, 6.45) is 3.74. The van der Waals surface area contributed by atoms with Gasteiger partial charge in [0.1, 0.15) is 5.75 Å². The van der Waals surface area contributed by atoms with Crippen molar-refractivity contribution < 1.29 is 17.9 Å². The van der Waals surface area contributed by atoms with Gasteiger partial charge in [0, 0.05) is 22.5 Å². The number of sulfonamides is 1. The number of hydrogen-bond acceptors (Lipinski definition) is 6. The number of amides is 1. The van der Waals surface area contributed by atoms with Crippen LogP contribution < -0.4 is 14.8 Å². The number of nitrogens with zero attached hydrogens (tertiary/aromatic N) is 1. The number of benzene rings is 2. The predicted molar refractivity (Wildman–Crippen MR) is 126 cm³/mol. The van der Waals surface area contributed by atoms with Gasteiger partial charge in [0.25, 0.3) is 5.91 Å². The van der Waals surface area contributed by atoms with Crippen molar-refractivity contribution in [1.29, 1.82) is 0 Å². The summed E-state index contributed by atoms with van der Waals surface area (Å²) in [5, 5.41) is 5.03. The Morgan fingerprint density at radius 1 is 1.16 bits per heavy atom. The molecule has 0 saturated heterocycles. The molecular weight excluding hydrogens is 446 g/mol. The van der Waals surface area contributed by atoms with Gasteiger partial charge < -0.3 is 4.74 Å². The number of aryl methyl sites for hydroxylation is 1. The zero-order valence-corrected chi connectivity index (χ0v) is 19.6. The molecule has 0 atom stereocenters. The fourth-order valence-electron chi connectivity index (χ4n) is 3.78. The molecule has 0 aliphatic heterocycles. The summed E-state index contributed by atoms with van der Waals surface area (Å²) < 4.78 is 33.6. The summed E-state index contributed by atoms with van der Waals surface area (Å²) in [6.45, 7) is 1.99. The summed E-state index contributed by atoms with van der Waals surface area (Å²) in [7, 11) is -2.07. The SMILES string of the molecule is COc1ccc(C)cc1-c1csc(NC(=O)c2cccc(S(=O)(=O)NC3CCCC3)c2)n1. The molecule has 1 aliphatic rings. The van der Waals surface area contributed by atoms with Crippen molar-refractivity contribution >= 4 is 32.4 Å². The van der Waals surface area contributed by atoms with Gasteiger partial charge in [-0.25, -0.2) is 18.1 Å². The minimum Gasteiger partial charge on any atom is -0.496 e. The van der Waals surface area contributed by atoms with E-state index in [0.29, 0.717) is 16.6 Å². The molecule has 168 valence electrons. The van der Waals surface area contributed by atoms with Gasteiger partial charge >= 0.3 is 0 Å². The van der Waals surface area contributed by atoms with Crippen LogP contribution in [-0.4, -0.2) is 32.5 Å². The van der Waals surface area contributed by atoms with Gasteiger partial charge in [0.15, 0.2) is 5.13 Å². The van der Waals surface area contributed by atoms with Crippen molar-refractivity contribution in [2.45, 2.75) is 43.5 Å². The van der Waals surface area contributed by atoms with Gasteiger partial charge in [0.2, 0.25) is 10.0 Å². The quantitative estimate of drug-likeness (QED) is 0.525. The molecule has 1 aromatic heterocycles. The third kappa shape index (κ3) is 5.01. The summed E-state index contributed by atoms with van der Waals surface area (Å²) in [6, 6.07) is 11.8. The molecule has 0 radical (unpaired) electrons. The van der Waals surface area contributed by atoms with E-state index in [0.717, 1.165) is 36.8 Å². The molecule has 1 saturated carbocycles. The lowest BCUT2D eigenvalue weighted by molar-refractivity contribution is 0.102. The van der Waals surface area contributed by atoms with Crippen molar-refractivity contribution in [1.82, 2.24) is 9.71 Å². The monoisotopic (exact) mass is 471 g/mol. The van der Waals surface area contributed by atoms with E-state index in [9.17, 15) is 13.2 Å². The average molecular weight is 472 g/mol. The van der Waals surface area contributed by atoms with Gasteiger partial charge in [-0.3, -0.25) is 10.1 Å². The molecule has 4 rings (SSSR count). The van der Waals surface area contributed by atoms with E-state index in [-0.39, 0.29) is 16.5 Å². The predicted octanol–water partition coefficient (Wildman–Crippen LogP) is 4.60. The Bertz CT molecular complexity index is 1230. The van der Waals surface area contributed by atoms with E-state index in [1.165, 1.54) is 23.5 Å². The zero-order valence-electron chi connectivity index (χ0n) is 17.9. The number of rotatable bonds is 7. The Kier molecular flexibility index (Phi) is 6.59. The first-order chi connectivity index (χ1) is 15.4. The number of thiazole rings is 1. The number of anilines is 1. The molecule has 1 aliphatic carbocycles. The standard InChI is InChI=1S/C23H25N3O4S2/c1-15-10-11-21(30-2)19(12-15)20-14-31-23(24-20)25-22(27)16-6-5-9-18(13-16)32(28,29)26-17-7-3-4-8-17/h5-6,9-14,17,26H,3-4,7-8H2,1-2H3,(H,24,25,27). The molecule has 2 N–H and O–H groups in total. The maximum atomic E-state index is 12.8. The lowest BCUT2D eigenvalue weighted by Gasteiger charge is -2.13.